The van der Waals surface area contributed by atoms with E-state index in [0.29, 0.717) is 13.1 Å². The zero-order valence-corrected chi connectivity index (χ0v) is 15.4. The minimum absolute atomic E-state index is 0.0410. The highest BCUT2D eigenvalue weighted by molar-refractivity contribution is 6.01. The lowest BCUT2D eigenvalue weighted by atomic mass is 10.1. The third kappa shape index (κ3) is 3.67. The van der Waals surface area contributed by atoms with Gasteiger partial charge in [0, 0.05) is 37.3 Å². The number of hydrogen-bond acceptors (Lipinski definition) is 3. The molecule has 3 aromatic carbocycles. The molecule has 1 N–H and O–H groups in total. The van der Waals surface area contributed by atoms with Gasteiger partial charge in [-0.05, 0) is 35.7 Å². The Hall–Kier alpha value is -3.21. The summed E-state index contributed by atoms with van der Waals surface area (Å²) in [7, 11) is 1.67. The number of ether oxygens (including phenoxy) is 1. The van der Waals surface area contributed by atoms with Crippen molar-refractivity contribution in [3.05, 3.63) is 66.7 Å². The Kier molecular flexibility index (Phi) is 4.83. The van der Waals surface area contributed by atoms with Crippen molar-refractivity contribution >= 4 is 28.2 Å². The first-order valence-corrected chi connectivity index (χ1v) is 9.17. The fraction of sp³-hybridized carbons (Fsp3) is 0.227. The average molecular weight is 361 g/mol. The van der Waals surface area contributed by atoms with E-state index < -0.39 is 0 Å². The molecule has 1 fully saturated rings. The molecule has 1 aliphatic rings. The number of nitrogens with zero attached hydrogens (tertiary/aromatic N) is 2. The van der Waals surface area contributed by atoms with E-state index in [0.717, 1.165) is 41.0 Å². The van der Waals surface area contributed by atoms with E-state index in [9.17, 15) is 4.79 Å². The molecule has 0 bridgehead atoms. The van der Waals surface area contributed by atoms with Crippen molar-refractivity contribution in [2.24, 2.45) is 0 Å². The molecule has 0 unspecified atom stereocenters. The van der Waals surface area contributed by atoms with E-state index >= 15 is 0 Å². The Labute approximate surface area is 159 Å². The molecule has 1 saturated heterocycles. The van der Waals surface area contributed by atoms with Gasteiger partial charge in [-0.15, -0.1) is 0 Å². The number of carbonyl (C=O) groups is 1. The van der Waals surface area contributed by atoms with E-state index in [-0.39, 0.29) is 6.03 Å². The fourth-order valence-corrected chi connectivity index (χ4v) is 3.49. The van der Waals surface area contributed by atoms with Crippen LogP contribution in [0.15, 0.2) is 66.7 Å². The molecule has 1 aliphatic heterocycles. The van der Waals surface area contributed by atoms with E-state index in [1.54, 1.807) is 7.11 Å². The molecule has 0 radical (unpaired) electrons. The lowest BCUT2D eigenvalue weighted by molar-refractivity contribution is 0.208. The first kappa shape index (κ1) is 17.2. The van der Waals surface area contributed by atoms with Crippen LogP contribution in [-0.4, -0.2) is 44.2 Å². The van der Waals surface area contributed by atoms with Gasteiger partial charge in [-0.3, -0.25) is 0 Å². The van der Waals surface area contributed by atoms with E-state index in [2.05, 4.69) is 34.5 Å². The summed E-state index contributed by atoms with van der Waals surface area (Å²) in [4.78, 5) is 16.9. The summed E-state index contributed by atoms with van der Waals surface area (Å²) in [5, 5.41) is 5.26. The number of rotatable bonds is 3. The lowest BCUT2D eigenvalue weighted by Crippen LogP contribution is -2.50. The number of fused-ring (bicyclic) bond motifs is 1. The number of piperazine rings is 1. The molecule has 2 amide bonds. The molecule has 0 saturated carbocycles. The van der Waals surface area contributed by atoms with E-state index in [1.165, 1.54) is 0 Å². The Morgan fingerprint density at radius 3 is 2.33 bits per heavy atom. The summed E-state index contributed by atoms with van der Waals surface area (Å²) in [5.41, 5.74) is 2.01. The van der Waals surface area contributed by atoms with Gasteiger partial charge in [-0.2, -0.15) is 0 Å². The Morgan fingerprint density at radius 1 is 0.889 bits per heavy atom. The minimum atomic E-state index is -0.0410. The molecule has 0 atom stereocenters. The fourth-order valence-electron chi connectivity index (χ4n) is 3.49. The van der Waals surface area contributed by atoms with Gasteiger partial charge in [0.1, 0.15) is 5.75 Å². The van der Waals surface area contributed by atoms with Gasteiger partial charge in [0.15, 0.2) is 0 Å². The standard InChI is InChI=1S/C22H23N3O2/c1-27-19-11-9-18(10-12-19)24-13-15-25(16-14-24)22(26)23-21-8-4-6-17-5-2-3-7-20(17)21/h2-12H,13-16H2,1H3,(H,23,26). The highest BCUT2D eigenvalue weighted by Crippen LogP contribution is 2.24. The summed E-state index contributed by atoms with van der Waals surface area (Å²) in [6, 6.07) is 22.1. The molecule has 5 heteroatoms. The number of nitrogens with one attached hydrogen (secondary N) is 1. The normalized spacial score (nSPS) is 14.3. The van der Waals surface area contributed by atoms with Crippen LogP contribution in [0.4, 0.5) is 16.2 Å². The van der Waals surface area contributed by atoms with Gasteiger partial charge < -0.3 is 19.9 Å². The van der Waals surface area contributed by atoms with Crippen LogP contribution in [0, 0.1) is 0 Å². The molecular weight excluding hydrogens is 338 g/mol. The van der Waals surface area contributed by atoms with Crippen LogP contribution >= 0.6 is 0 Å². The second-order valence-corrected chi connectivity index (χ2v) is 6.63. The summed E-state index contributed by atoms with van der Waals surface area (Å²) in [6.45, 7) is 3.02. The first-order chi connectivity index (χ1) is 13.2. The second-order valence-electron chi connectivity index (χ2n) is 6.63. The number of benzene rings is 3. The van der Waals surface area contributed by atoms with Crippen molar-refractivity contribution in [1.29, 1.82) is 0 Å². The average Bonchev–Trinajstić information content (AvgIpc) is 2.74. The molecular formula is C22H23N3O2. The van der Waals surface area contributed by atoms with Crippen molar-refractivity contribution in [2.75, 3.05) is 43.5 Å². The van der Waals surface area contributed by atoms with Crippen LogP contribution in [0.3, 0.4) is 0 Å². The molecule has 0 aliphatic carbocycles. The SMILES string of the molecule is COc1ccc(N2CCN(C(=O)Nc3cccc4ccccc34)CC2)cc1. The monoisotopic (exact) mass is 361 g/mol. The minimum Gasteiger partial charge on any atom is -0.497 e. The van der Waals surface area contributed by atoms with Gasteiger partial charge in [0.25, 0.3) is 0 Å². The molecule has 1 heterocycles. The second kappa shape index (κ2) is 7.58. The maximum Gasteiger partial charge on any atom is 0.321 e. The summed E-state index contributed by atoms with van der Waals surface area (Å²) < 4.78 is 5.21. The maximum absolute atomic E-state index is 12.7. The van der Waals surface area contributed by atoms with Gasteiger partial charge >= 0.3 is 6.03 Å². The van der Waals surface area contributed by atoms with Gasteiger partial charge in [0.05, 0.1) is 12.8 Å². The van der Waals surface area contributed by atoms with Crippen molar-refractivity contribution in [3.8, 4) is 5.75 Å². The summed E-state index contributed by atoms with van der Waals surface area (Å²) >= 11 is 0. The molecule has 27 heavy (non-hydrogen) atoms. The molecule has 0 spiro atoms. The van der Waals surface area contributed by atoms with E-state index in [4.69, 9.17) is 4.74 Å². The largest absolute Gasteiger partial charge is 0.497 e. The molecule has 138 valence electrons. The predicted octanol–water partition coefficient (Wildman–Crippen LogP) is 4.20. The third-order valence-electron chi connectivity index (χ3n) is 5.04. The maximum atomic E-state index is 12.7. The molecule has 0 aromatic heterocycles. The number of urea groups is 1. The third-order valence-corrected chi connectivity index (χ3v) is 5.04. The molecule has 3 aromatic rings. The highest BCUT2D eigenvalue weighted by Gasteiger charge is 2.21. The number of hydrogen-bond donors (Lipinski definition) is 1. The highest BCUT2D eigenvalue weighted by atomic mass is 16.5. The van der Waals surface area contributed by atoms with Gasteiger partial charge in [0.2, 0.25) is 0 Å². The number of anilines is 2. The predicted molar refractivity (Wildman–Crippen MR) is 110 cm³/mol. The van der Waals surface area contributed by atoms with Crippen molar-refractivity contribution in [1.82, 2.24) is 4.90 Å². The number of methoxy groups -OCH3 is 1. The first-order valence-electron chi connectivity index (χ1n) is 9.17. The summed E-state index contributed by atoms with van der Waals surface area (Å²) in [6.07, 6.45) is 0. The van der Waals surface area contributed by atoms with Crippen LogP contribution in [0.1, 0.15) is 0 Å². The van der Waals surface area contributed by atoms with Crippen molar-refractivity contribution < 1.29 is 9.53 Å². The van der Waals surface area contributed by atoms with Crippen LogP contribution in [-0.2, 0) is 0 Å². The van der Waals surface area contributed by atoms with Gasteiger partial charge in [-0.1, -0.05) is 36.4 Å². The number of carbonyl (C=O) groups excluding carboxylic acids is 1. The lowest BCUT2D eigenvalue weighted by Gasteiger charge is -2.36. The topological polar surface area (TPSA) is 44.8 Å². The molecule has 5 nitrogen and oxygen atoms in total. The Bertz CT molecular complexity index is 926. The quantitative estimate of drug-likeness (QED) is 0.760. The van der Waals surface area contributed by atoms with Crippen LogP contribution in [0.2, 0.25) is 0 Å². The van der Waals surface area contributed by atoms with Crippen molar-refractivity contribution in [2.45, 2.75) is 0 Å². The Morgan fingerprint density at radius 2 is 1.59 bits per heavy atom. The number of amides is 2. The summed E-state index contributed by atoms with van der Waals surface area (Å²) in [5.74, 6) is 0.854. The molecule has 4 rings (SSSR count). The van der Waals surface area contributed by atoms with Crippen LogP contribution < -0.4 is 15.0 Å². The van der Waals surface area contributed by atoms with Gasteiger partial charge in [-0.25, -0.2) is 4.79 Å². The Balaban J connectivity index is 1.39. The zero-order chi connectivity index (χ0) is 18.6. The van der Waals surface area contributed by atoms with Crippen LogP contribution in [0.25, 0.3) is 10.8 Å². The zero-order valence-electron chi connectivity index (χ0n) is 15.4. The van der Waals surface area contributed by atoms with Crippen LogP contribution in [0.5, 0.6) is 5.75 Å². The smallest absolute Gasteiger partial charge is 0.321 e. The van der Waals surface area contributed by atoms with Crippen molar-refractivity contribution in [3.63, 3.8) is 0 Å². The van der Waals surface area contributed by atoms with E-state index in [1.807, 2.05) is 47.4 Å².